The maximum absolute atomic E-state index is 14.9. The summed E-state index contributed by atoms with van der Waals surface area (Å²) in [6.07, 6.45) is 13.6. The van der Waals surface area contributed by atoms with Crippen LogP contribution in [0, 0.1) is 10.8 Å². The molecule has 0 bridgehead atoms. The van der Waals surface area contributed by atoms with Crippen molar-refractivity contribution in [1.29, 1.82) is 0 Å². The molecule has 0 spiro atoms. The quantitative estimate of drug-likeness (QED) is 0.0644. The maximum Gasteiger partial charge on any atom is 0.343 e. The molecular weight excluding hydrogens is 1040 g/mol. The molecule has 2 aliphatic heterocycles. The number of hydrogen-bond acceptors (Lipinski definition) is 11. The predicted molar refractivity (Wildman–Crippen MR) is 315 cm³/mol. The molecule has 4 aliphatic rings. The Hall–Kier alpha value is -7.44. The molecule has 7 amide bonds. The molecule has 7 rings (SSSR count). The molecule has 18 nitrogen and oxygen atoms in total. The Balaban J connectivity index is 1.06. The number of likely N-dealkylation sites (tertiary alicyclic amines) is 1. The van der Waals surface area contributed by atoms with Gasteiger partial charge in [-0.3, -0.25) is 33.6 Å². The van der Waals surface area contributed by atoms with E-state index >= 15 is 0 Å². The van der Waals surface area contributed by atoms with E-state index in [9.17, 15) is 38.4 Å². The molecule has 9 atom stereocenters. The molecule has 1 fully saturated rings. The van der Waals surface area contributed by atoms with Crippen LogP contribution in [0.15, 0.2) is 103 Å². The van der Waals surface area contributed by atoms with Gasteiger partial charge in [-0.1, -0.05) is 108 Å². The third-order valence-corrected chi connectivity index (χ3v) is 16.2. The van der Waals surface area contributed by atoms with Crippen LogP contribution in [0.4, 0.5) is 0 Å². The lowest BCUT2D eigenvalue weighted by Gasteiger charge is -2.41. The second-order valence-electron chi connectivity index (χ2n) is 24.6. The molecule has 2 heterocycles. The Bertz CT molecular complexity index is 2940. The van der Waals surface area contributed by atoms with Gasteiger partial charge in [0.05, 0.1) is 23.7 Å². The maximum atomic E-state index is 14.9. The summed E-state index contributed by atoms with van der Waals surface area (Å²) in [6.45, 7) is 18.6. The van der Waals surface area contributed by atoms with Crippen LogP contribution in [-0.4, -0.2) is 126 Å². The van der Waals surface area contributed by atoms with Gasteiger partial charge in [0, 0.05) is 37.2 Å². The monoisotopic (exact) mass is 1120 g/mol. The van der Waals surface area contributed by atoms with E-state index < -0.39 is 76.8 Å². The normalized spacial score (nSPS) is 22.3. The molecule has 18 heteroatoms. The number of hydrogen-bond donors (Lipinski definition) is 7. The summed E-state index contributed by atoms with van der Waals surface area (Å²) >= 11 is 0. The minimum atomic E-state index is -0.988. The number of amides is 7. The van der Waals surface area contributed by atoms with Gasteiger partial charge in [0.15, 0.2) is 0 Å². The van der Waals surface area contributed by atoms with E-state index in [0.717, 1.165) is 48.8 Å². The molecule has 7 N–H and O–H groups in total. The fraction of sp³-hybridized carbons (Fsp3) is 0.500. The lowest BCUT2D eigenvalue weighted by molar-refractivity contribution is -0.147. The van der Waals surface area contributed by atoms with Gasteiger partial charge < -0.3 is 51.8 Å². The van der Waals surface area contributed by atoms with Gasteiger partial charge in [0.1, 0.15) is 29.9 Å². The van der Waals surface area contributed by atoms with Gasteiger partial charge in [0.2, 0.25) is 35.4 Å². The predicted octanol–water partition coefficient (Wildman–Crippen LogP) is 6.06. The number of ether oxygens (including phenoxy) is 1. The minimum absolute atomic E-state index is 0.00166. The van der Waals surface area contributed by atoms with Crippen molar-refractivity contribution >= 4 is 47.3 Å². The first kappa shape index (κ1) is 62.2. The SMILES string of the molecule is C=C1/C=C\C=C/C[C@H](NC(=O)[C@@H]2C[C@H](NC(=O)c3ccc(C(=O)Oc4ccc5c(c4)CN(C(=O)[C@@H](NC(=O)[C@H](C)NC)C(C)(C)C)[C@H](C(=O)N[C@@H]4CCCc6ccccc64)C5)cc3)CN2C(=O)[C@@H](NC(=O)[C@H](C)NC)C(C)(C)C)CCC1. The largest absolute Gasteiger partial charge is 0.423 e. The smallest absolute Gasteiger partial charge is 0.343 e. The summed E-state index contributed by atoms with van der Waals surface area (Å²) in [5.41, 5.74) is 3.60. The van der Waals surface area contributed by atoms with Crippen LogP contribution in [0.2, 0.25) is 0 Å². The zero-order valence-corrected chi connectivity index (χ0v) is 49.4. The number of rotatable bonds is 16. The van der Waals surface area contributed by atoms with Crippen LogP contribution < -0.4 is 42.0 Å². The molecule has 0 unspecified atom stereocenters. The van der Waals surface area contributed by atoms with Crippen molar-refractivity contribution < 1.29 is 43.1 Å². The van der Waals surface area contributed by atoms with Crippen molar-refractivity contribution in [2.75, 3.05) is 20.6 Å². The van der Waals surface area contributed by atoms with Crippen LogP contribution in [0.25, 0.3) is 0 Å². The van der Waals surface area contributed by atoms with E-state index in [0.29, 0.717) is 18.4 Å². The molecule has 82 heavy (non-hydrogen) atoms. The van der Waals surface area contributed by atoms with Crippen molar-refractivity contribution in [3.05, 3.63) is 137 Å². The van der Waals surface area contributed by atoms with Crippen molar-refractivity contribution in [2.45, 2.75) is 174 Å². The fourth-order valence-corrected chi connectivity index (χ4v) is 11.0. The average Bonchev–Trinajstić information content (AvgIpc) is 4.06. The van der Waals surface area contributed by atoms with Gasteiger partial charge in [-0.05, 0) is 149 Å². The summed E-state index contributed by atoms with van der Waals surface area (Å²) in [5, 5.41) is 21.2. The first-order valence-electron chi connectivity index (χ1n) is 28.9. The van der Waals surface area contributed by atoms with Crippen molar-refractivity contribution in [3.8, 4) is 5.75 Å². The second kappa shape index (κ2) is 27.1. The van der Waals surface area contributed by atoms with Crippen molar-refractivity contribution in [3.63, 3.8) is 0 Å². The molecule has 1 saturated heterocycles. The van der Waals surface area contributed by atoms with Crippen LogP contribution in [0.3, 0.4) is 0 Å². The number of esters is 1. The van der Waals surface area contributed by atoms with E-state index in [1.165, 1.54) is 39.6 Å². The lowest BCUT2D eigenvalue weighted by Crippen LogP contribution is -2.62. The van der Waals surface area contributed by atoms with Crippen molar-refractivity contribution in [2.24, 2.45) is 10.8 Å². The number of carbonyl (C=O) groups is 8. The number of likely N-dealkylation sites (N-methyl/N-ethyl adjacent to an activating group) is 2. The first-order chi connectivity index (χ1) is 38.9. The summed E-state index contributed by atoms with van der Waals surface area (Å²) in [7, 11) is 3.31. The van der Waals surface area contributed by atoms with Gasteiger partial charge in [-0.2, -0.15) is 0 Å². The summed E-state index contributed by atoms with van der Waals surface area (Å²) in [4.78, 5) is 116. The molecule has 3 aromatic carbocycles. The Morgan fingerprint density at radius 3 is 1.90 bits per heavy atom. The lowest BCUT2D eigenvalue weighted by atomic mass is 9.83. The van der Waals surface area contributed by atoms with E-state index in [-0.39, 0.29) is 78.5 Å². The van der Waals surface area contributed by atoms with Gasteiger partial charge in [-0.15, -0.1) is 0 Å². The number of nitrogens with zero attached hydrogens (tertiary/aromatic N) is 2. The highest BCUT2D eigenvalue weighted by atomic mass is 16.5. The third-order valence-electron chi connectivity index (χ3n) is 16.2. The van der Waals surface area contributed by atoms with Crippen LogP contribution in [0.1, 0.15) is 149 Å². The Morgan fingerprint density at radius 2 is 1.26 bits per heavy atom. The summed E-state index contributed by atoms with van der Waals surface area (Å²) in [6, 6.07) is 13.1. The van der Waals surface area contributed by atoms with E-state index in [4.69, 9.17) is 4.74 Å². The van der Waals surface area contributed by atoms with Crippen LogP contribution >= 0.6 is 0 Å². The van der Waals surface area contributed by atoms with Crippen LogP contribution in [0.5, 0.6) is 5.75 Å². The topological polar surface area (TPSA) is 236 Å². The molecular formula is C64H85N9O9. The Labute approximate surface area is 483 Å². The number of nitrogens with one attached hydrogen (secondary N) is 7. The Kier molecular flexibility index (Phi) is 20.5. The number of allylic oxidation sites excluding steroid dienone is 4. The fourth-order valence-electron chi connectivity index (χ4n) is 11.0. The van der Waals surface area contributed by atoms with E-state index in [2.05, 4.69) is 49.9 Å². The second-order valence-corrected chi connectivity index (χ2v) is 24.6. The summed E-state index contributed by atoms with van der Waals surface area (Å²) < 4.78 is 5.91. The highest BCUT2D eigenvalue weighted by Crippen LogP contribution is 2.34. The molecule has 440 valence electrons. The Morgan fingerprint density at radius 1 is 0.646 bits per heavy atom. The third kappa shape index (κ3) is 15.6. The number of aryl methyl sites for hydroxylation is 1. The minimum Gasteiger partial charge on any atom is -0.423 e. The molecule has 0 radical (unpaired) electrons. The van der Waals surface area contributed by atoms with Crippen LogP contribution in [-0.2, 0) is 48.2 Å². The average molecular weight is 1120 g/mol. The number of fused-ring (bicyclic) bond motifs is 2. The van der Waals surface area contributed by atoms with E-state index in [1.807, 2.05) is 84.0 Å². The highest BCUT2D eigenvalue weighted by molar-refractivity contribution is 5.98. The van der Waals surface area contributed by atoms with Gasteiger partial charge in [0.25, 0.3) is 5.91 Å². The molecule has 0 aromatic heterocycles. The van der Waals surface area contributed by atoms with Gasteiger partial charge >= 0.3 is 5.97 Å². The zero-order valence-electron chi connectivity index (χ0n) is 49.4. The highest BCUT2D eigenvalue weighted by Gasteiger charge is 2.47. The van der Waals surface area contributed by atoms with Gasteiger partial charge in [-0.25, -0.2) is 4.79 Å². The molecule has 0 saturated carbocycles. The first-order valence-corrected chi connectivity index (χ1v) is 28.9. The van der Waals surface area contributed by atoms with Crippen molar-refractivity contribution in [1.82, 2.24) is 47.0 Å². The zero-order chi connectivity index (χ0) is 59.6. The van der Waals surface area contributed by atoms with E-state index in [1.54, 1.807) is 46.1 Å². The molecule has 2 aliphatic carbocycles. The number of carbonyl (C=O) groups excluding carboxylic acids is 8. The standard InChI is InChI=1S/C64H85N9O9/c1-38-19-13-12-14-23-46(24-17-20-38)67-58(77)52-35-47(37-73(52)61(80)54(64(7,8)9)71-56(75)40(3)66-11)68-57(76)42-27-29-43(30-28-42)62(81)82-48-32-31-44-34-51(59(78)69-50-26-18-22-41-21-15-16-25-49(41)50)72(36-45(44)33-48)60(79)53(63(4,5)6)70-55(74)39(2)65-10/h12-16,19,21,25,27-33,39-40,46-47,50-54,65-66H,1,17-18,20,22-24,26,34-37H2,2-11H3,(H,67,77)(H,68,76)(H,69,78)(H,70,74)(H,71,75)/b14-12-,19-13-/t39-,40-,46-,47-,50+,51-,52-,53+,54+/m0/s1. The molecule has 3 aromatic rings. The summed E-state index contributed by atoms with van der Waals surface area (Å²) in [5.74, 6) is -3.23. The number of benzene rings is 3.